The number of nitrogens with one attached hydrogen (secondary N) is 1. The van der Waals surface area contributed by atoms with E-state index in [9.17, 15) is 0 Å². The van der Waals surface area contributed by atoms with Gasteiger partial charge in [0.1, 0.15) is 5.84 Å². The van der Waals surface area contributed by atoms with Crippen LogP contribution in [-0.4, -0.2) is 12.1 Å². The summed E-state index contributed by atoms with van der Waals surface area (Å²) in [5.74, 6) is 0.126. The van der Waals surface area contributed by atoms with Gasteiger partial charge in [-0.15, -0.1) is 11.8 Å². The first-order valence-electron chi connectivity index (χ1n) is 6.29. The molecule has 2 aromatic rings. The molecule has 104 valence electrons. The van der Waals surface area contributed by atoms with Gasteiger partial charge >= 0.3 is 0 Å². The molecule has 0 fully saturated rings. The summed E-state index contributed by atoms with van der Waals surface area (Å²) in [7, 11) is 0. The van der Waals surface area contributed by atoms with Crippen LogP contribution < -0.4 is 5.73 Å². The number of hydrogen-bond acceptors (Lipinski definition) is 3. The van der Waals surface area contributed by atoms with Gasteiger partial charge in [0.2, 0.25) is 0 Å². The van der Waals surface area contributed by atoms with Crippen molar-refractivity contribution in [1.82, 2.24) is 0 Å². The van der Waals surface area contributed by atoms with E-state index in [1.807, 2.05) is 24.5 Å². The summed E-state index contributed by atoms with van der Waals surface area (Å²) in [5.41, 5.74) is 9.16. The molecule has 0 spiro atoms. The minimum atomic E-state index is 0.126. The molecule has 0 heterocycles. The number of nitrogens with two attached hydrogens (primary N) is 1. The lowest BCUT2D eigenvalue weighted by atomic mass is 10.1. The summed E-state index contributed by atoms with van der Waals surface area (Å²) < 4.78 is 0. The van der Waals surface area contributed by atoms with Crippen LogP contribution in [0.2, 0.25) is 0 Å². The Morgan fingerprint density at radius 3 is 2.35 bits per heavy atom. The van der Waals surface area contributed by atoms with Crippen molar-refractivity contribution in [1.29, 1.82) is 5.41 Å². The first-order valence-corrected chi connectivity index (χ1v) is 8.33. The molecule has 0 aliphatic heterocycles. The van der Waals surface area contributed by atoms with Gasteiger partial charge in [-0.25, -0.2) is 0 Å². The monoisotopic (exact) mass is 302 g/mol. The van der Waals surface area contributed by atoms with Crippen LogP contribution in [0.3, 0.4) is 0 Å². The van der Waals surface area contributed by atoms with E-state index in [4.69, 9.17) is 11.1 Å². The summed E-state index contributed by atoms with van der Waals surface area (Å²) in [5, 5.41) is 7.81. The van der Waals surface area contributed by atoms with Gasteiger partial charge in [-0.1, -0.05) is 23.9 Å². The van der Waals surface area contributed by atoms with Gasteiger partial charge in [0.15, 0.2) is 0 Å². The maximum atomic E-state index is 7.81. The second-order valence-corrected chi connectivity index (χ2v) is 6.56. The fourth-order valence-electron chi connectivity index (χ4n) is 1.94. The Hall–Kier alpha value is -1.39. The molecule has 0 unspecified atom stereocenters. The van der Waals surface area contributed by atoms with Crippen molar-refractivity contribution >= 4 is 29.4 Å². The minimum Gasteiger partial charge on any atom is -0.384 e. The summed E-state index contributed by atoms with van der Waals surface area (Å²) >= 11 is 3.28. The number of hydrogen-bond donors (Lipinski definition) is 2. The van der Waals surface area contributed by atoms with E-state index in [0.717, 1.165) is 15.4 Å². The topological polar surface area (TPSA) is 49.9 Å². The second kappa shape index (κ2) is 6.37. The zero-order chi connectivity index (χ0) is 14.7. The predicted molar refractivity (Wildman–Crippen MR) is 89.3 cm³/mol. The maximum Gasteiger partial charge on any atom is 0.125 e. The van der Waals surface area contributed by atoms with E-state index in [0.29, 0.717) is 0 Å². The first-order chi connectivity index (χ1) is 9.52. The van der Waals surface area contributed by atoms with Crippen molar-refractivity contribution in [2.24, 2.45) is 5.73 Å². The van der Waals surface area contributed by atoms with Gasteiger partial charge < -0.3 is 5.73 Å². The lowest BCUT2D eigenvalue weighted by molar-refractivity contribution is 1.24. The molecule has 3 N–H and O–H groups in total. The Morgan fingerprint density at radius 2 is 1.75 bits per heavy atom. The fourth-order valence-corrected chi connectivity index (χ4v) is 3.73. The Kier molecular flexibility index (Phi) is 4.78. The smallest absolute Gasteiger partial charge is 0.125 e. The molecule has 0 saturated heterocycles. The molecular formula is C16H18N2S2. The lowest BCUT2D eigenvalue weighted by Gasteiger charge is -2.12. The van der Waals surface area contributed by atoms with Crippen LogP contribution in [0.4, 0.5) is 0 Å². The molecule has 0 aromatic heterocycles. The quantitative estimate of drug-likeness (QED) is 0.498. The highest BCUT2D eigenvalue weighted by atomic mass is 32.2. The molecule has 2 rings (SSSR count). The van der Waals surface area contributed by atoms with Crippen LogP contribution in [0.1, 0.15) is 16.7 Å². The normalized spacial score (nSPS) is 10.6. The Bertz CT molecular complexity index is 651. The summed E-state index contributed by atoms with van der Waals surface area (Å²) in [6, 6.07) is 12.5. The highest BCUT2D eigenvalue weighted by molar-refractivity contribution is 8.00. The summed E-state index contributed by atoms with van der Waals surface area (Å²) in [6.07, 6.45) is 2.01. The number of benzene rings is 2. The summed E-state index contributed by atoms with van der Waals surface area (Å²) in [4.78, 5) is 3.26. The van der Waals surface area contributed by atoms with Gasteiger partial charge in [-0.3, -0.25) is 5.41 Å². The molecule has 0 amide bonds. The van der Waals surface area contributed by atoms with Crippen LogP contribution in [0.25, 0.3) is 0 Å². The van der Waals surface area contributed by atoms with Gasteiger partial charge in [0, 0.05) is 20.2 Å². The van der Waals surface area contributed by atoms with E-state index >= 15 is 0 Å². The van der Waals surface area contributed by atoms with Crippen molar-refractivity contribution in [2.75, 3.05) is 6.26 Å². The highest BCUT2D eigenvalue weighted by Crippen LogP contribution is 2.35. The fraction of sp³-hybridized carbons (Fsp3) is 0.188. The van der Waals surface area contributed by atoms with Gasteiger partial charge in [-0.2, -0.15) is 0 Å². The van der Waals surface area contributed by atoms with E-state index in [1.54, 1.807) is 23.5 Å². The Morgan fingerprint density at radius 1 is 1.05 bits per heavy atom. The molecule has 0 aliphatic carbocycles. The van der Waals surface area contributed by atoms with E-state index < -0.39 is 0 Å². The van der Waals surface area contributed by atoms with E-state index in [2.05, 4.69) is 32.0 Å². The Balaban J connectivity index is 2.42. The van der Waals surface area contributed by atoms with Crippen molar-refractivity contribution in [2.45, 2.75) is 28.5 Å². The summed E-state index contributed by atoms with van der Waals surface area (Å²) in [6.45, 7) is 4.22. The molecule has 0 bridgehead atoms. The number of aryl methyl sites for hydroxylation is 2. The van der Waals surface area contributed by atoms with E-state index in [1.165, 1.54) is 16.0 Å². The Labute approximate surface area is 128 Å². The van der Waals surface area contributed by atoms with Crippen LogP contribution in [0, 0.1) is 19.3 Å². The third kappa shape index (κ3) is 3.19. The van der Waals surface area contributed by atoms with Crippen LogP contribution in [0.15, 0.2) is 51.1 Å². The number of amidine groups is 1. The standard InChI is InChI=1S/C16H18N2S2/c1-10-7-8-12(9-11(10)2)20-14-6-4-5-13(19-3)15(14)16(17)18/h4-9H,1-3H3,(H3,17,18). The zero-order valence-electron chi connectivity index (χ0n) is 11.9. The van der Waals surface area contributed by atoms with Gasteiger partial charge in [0.05, 0.1) is 0 Å². The molecule has 4 heteroatoms. The van der Waals surface area contributed by atoms with Crippen molar-refractivity contribution in [3.05, 3.63) is 53.1 Å². The van der Waals surface area contributed by atoms with Gasteiger partial charge in [-0.05, 0) is 55.5 Å². The molecule has 0 aliphatic rings. The van der Waals surface area contributed by atoms with E-state index in [-0.39, 0.29) is 5.84 Å². The largest absolute Gasteiger partial charge is 0.384 e. The number of rotatable bonds is 4. The van der Waals surface area contributed by atoms with Crippen molar-refractivity contribution in [3.63, 3.8) is 0 Å². The van der Waals surface area contributed by atoms with Gasteiger partial charge in [0.25, 0.3) is 0 Å². The lowest BCUT2D eigenvalue weighted by Crippen LogP contribution is -2.13. The average molecular weight is 302 g/mol. The molecule has 2 aromatic carbocycles. The molecule has 0 saturated carbocycles. The van der Waals surface area contributed by atoms with Crippen molar-refractivity contribution < 1.29 is 0 Å². The van der Waals surface area contributed by atoms with Crippen LogP contribution in [0.5, 0.6) is 0 Å². The van der Waals surface area contributed by atoms with Crippen LogP contribution in [-0.2, 0) is 0 Å². The predicted octanol–water partition coefficient (Wildman–Crippen LogP) is 4.46. The second-order valence-electron chi connectivity index (χ2n) is 4.60. The molecule has 0 atom stereocenters. The molecule has 20 heavy (non-hydrogen) atoms. The van der Waals surface area contributed by atoms with Crippen molar-refractivity contribution in [3.8, 4) is 0 Å². The molecule has 2 nitrogen and oxygen atoms in total. The average Bonchev–Trinajstić information content (AvgIpc) is 2.42. The third-order valence-corrected chi connectivity index (χ3v) is 5.01. The zero-order valence-corrected chi connectivity index (χ0v) is 13.5. The molecule has 0 radical (unpaired) electrons. The van der Waals surface area contributed by atoms with Crippen LogP contribution >= 0.6 is 23.5 Å². The first kappa shape index (κ1) is 15.0. The maximum absolute atomic E-state index is 7.81. The third-order valence-electron chi connectivity index (χ3n) is 3.18. The molecular weight excluding hydrogens is 284 g/mol. The number of nitrogen functional groups attached to an aromatic ring is 1. The number of thioether (sulfide) groups is 1. The SMILES string of the molecule is CSc1cccc(Sc2ccc(C)c(C)c2)c1C(=N)N. The minimum absolute atomic E-state index is 0.126. The highest BCUT2D eigenvalue weighted by Gasteiger charge is 2.12.